The third-order valence-corrected chi connectivity index (χ3v) is 5.08. The van der Waals surface area contributed by atoms with Crippen LogP contribution < -0.4 is 9.47 Å². The average molecular weight is 495 g/mol. The fourth-order valence-electron chi connectivity index (χ4n) is 3.08. The molecule has 3 nitrogen and oxygen atoms in total. The van der Waals surface area contributed by atoms with Gasteiger partial charge in [0.2, 0.25) is 0 Å². The van der Waals surface area contributed by atoms with Gasteiger partial charge in [-0.2, -0.15) is 8.78 Å². The van der Waals surface area contributed by atoms with E-state index in [0.29, 0.717) is 15.8 Å². The lowest BCUT2D eigenvalue weighted by Crippen LogP contribution is -2.25. The third-order valence-electron chi connectivity index (χ3n) is 4.59. The smallest absolute Gasteiger partial charge is 0.387 e. The van der Waals surface area contributed by atoms with Crippen molar-refractivity contribution in [3.05, 3.63) is 88.1 Å². The molecule has 164 valence electrons. The minimum absolute atomic E-state index is 0.0957. The van der Waals surface area contributed by atoms with E-state index < -0.39 is 17.8 Å². The number of ether oxygens (including phenoxy) is 3. The lowest BCUT2D eigenvalue weighted by atomic mass is 9.85. The maximum Gasteiger partial charge on any atom is 0.387 e. The van der Waals surface area contributed by atoms with E-state index >= 15 is 0 Å². The van der Waals surface area contributed by atoms with Gasteiger partial charge >= 0.3 is 6.61 Å². The van der Waals surface area contributed by atoms with Gasteiger partial charge in [-0.3, -0.25) is 0 Å². The topological polar surface area (TPSA) is 27.7 Å². The molecular formula is C24H22BrF3O3. The molecule has 0 unspecified atom stereocenters. The van der Waals surface area contributed by atoms with Crippen molar-refractivity contribution >= 4 is 15.9 Å². The Morgan fingerprint density at radius 1 is 0.935 bits per heavy atom. The van der Waals surface area contributed by atoms with Gasteiger partial charge in [-0.1, -0.05) is 60.1 Å². The monoisotopic (exact) mass is 494 g/mol. The first-order valence-electron chi connectivity index (χ1n) is 9.58. The lowest BCUT2D eigenvalue weighted by Gasteiger charge is -2.27. The summed E-state index contributed by atoms with van der Waals surface area (Å²) in [5.74, 6) is 0.254. The molecule has 0 aromatic heterocycles. The van der Waals surface area contributed by atoms with Crippen LogP contribution in [0.3, 0.4) is 0 Å². The Morgan fingerprint density at radius 2 is 1.68 bits per heavy atom. The van der Waals surface area contributed by atoms with E-state index in [1.807, 2.05) is 19.9 Å². The average Bonchev–Trinajstić information content (AvgIpc) is 2.70. The summed E-state index contributed by atoms with van der Waals surface area (Å²) in [6, 6.07) is 18.5. The second kappa shape index (κ2) is 10.2. The van der Waals surface area contributed by atoms with Crippen molar-refractivity contribution in [2.45, 2.75) is 32.5 Å². The molecule has 0 saturated carbocycles. The van der Waals surface area contributed by atoms with Gasteiger partial charge in [0, 0.05) is 15.5 Å². The molecule has 0 atom stereocenters. The van der Waals surface area contributed by atoms with Crippen molar-refractivity contribution in [3.63, 3.8) is 0 Å². The van der Waals surface area contributed by atoms with E-state index in [-0.39, 0.29) is 24.7 Å². The minimum atomic E-state index is -2.92. The summed E-state index contributed by atoms with van der Waals surface area (Å²) >= 11 is 3.27. The second-order valence-corrected chi connectivity index (χ2v) is 8.49. The highest BCUT2D eigenvalue weighted by molar-refractivity contribution is 9.10. The number of hydrogen-bond acceptors (Lipinski definition) is 3. The molecule has 0 aliphatic heterocycles. The predicted octanol–water partition coefficient (Wildman–Crippen LogP) is 7.48. The van der Waals surface area contributed by atoms with Gasteiger partial charge in [-0.15, -0.1) is 0 Å². The molecule has 0 radical (unpaired) electrons. The molecule has 0 amide bonds. The van der Waals surface area contributed by atoms with Crippen LogP contribution in [-0.4, -0.2) is 13.2 Å². The van der Waals surface area contributed by atoms with E-state index in [0.717, 1.165) is 5.56 Å². The number of alkyl halides is 2. The second-order valence-electron chi connectivity index (χ2n) is 7.58. The van der Waals surface area contributed by atoms with Crippen LogP contribution in [-0.2, 0) is 16.8 Å². The maximum absolute atomic E-state index is 14.1. The highest BCUT2D eigenvalue weighted by Gasteiger charge is 2.26. The summed E-state index contributed by atoms with van der Waals surface area (Å²) in [5.41, 5.74) is 0.722. The fraction of sp³-hybridized carbons (Fsp3) is 0.250. The van der Waals surface area contributed by atoms with E-state index in [2.05, 4.69) is 20.7 Å². The Morgan fingerprint density at radius 3 is 2.39 bits per heavy atom. The van der Waals surface area contributed by atoms with E-state index in [1.165, 1.54) is 12.1 Å². The molecule has 0 bridgehead atoms. The Labute approximate surface area is 187 Å². The molecule has 3 aromatic carbocycles. The molecule has 0 saturated heterocycles. The molecule has 7 heteroatoms. The number of para-hydroxylation sites is 1. The van der Waals surface area contributed by atoms with Crippen molar-refractivity contribution in [2.24, 2.45) is 0 Å². The summed E-state index contributed by atoms with van der Waals surface area (Å²) in [6.07, 6.45) is 0. The highest BCUT2D eigenvalue weighted by atomic mass is 79.9. The van der Waals surface area contributed by atoms with Gasteiger partial charge in [-0.05, 0) is 42.0 Å². The van der Waals surface area contributed by atoms with Crippen LogP contribution in [0.4, 0.5) is 13.2 Å². The molecule has 0 aliphatic carbocycles. The van der Waals surface area contributed by atoms with Crippen LogP contribution >= 0.6 is 15.9 Å². The first kappa shape index (κ1) is 23.2. The largest absolute Gasteiger partial charge is 0.454 e. The highest BCUT2D eigenvalue weighted by Crippen LogP contribution is 2.35. The van der Waals surface area contributed by atoms with Gasteiger partial charge in [0.05, 0.1) is 13.2 Å². The minimum Gasteiger partial charge on any atom is -0.454 e. The van der Waals surface area contributed by atoms with Gasteiger partial charge < -0.3 is 14.2 Å². The van der Waals surface area contributed by atoms with Crippen LogP contribution in [0, 0.1) is 5.82 Å². The van der Waals surface area contributed by atoms with Crippen molar-refractivity contribution in [2.75, 3.05) is 6.61 Å². The molecule has 0 heterocycles. The Hall–Kier alpha value is -2.51. The lowest BCUT2D eigenvalue weighted by molar-refractivity contribution is -0.0514. The molecule has 0 fully saturated rings. The van der Waals surface area contributed by atoms with Crippen molar-refractivity contribution in [1.82, 2.24) is 0 Å². The first-order valence-corrected chi connectivity index (χ1v) is 10.4. The quantitative estimate of drug-likeness (QED) is 0.308. The first-order chi connectivity index (χ1) is 14.7. The van der Waals surface area contributed by atoms with Crippen molar-refractivity contribution < 1.29 is 27.4 Å². The van der Waals surface area contributed by atoms with Gasteiger partial charge in [-0.25, -0.2) is 4.39 Å². The standard InChI is InChI=1S/C24H22BrF3O3/c1-24(2,19-10-9-17(25)13-21(19)31-23(27)28)15-29-14-16-8-11-20(26)22(12-16)30-18-6-4-3-5-7-18/h3-13,23H,14-15H2,1-2H3. The normalized spacial score (nSPS) is 11.6. The van der Waals surface area contributed by atoms with Gasteiger partial charge in [0.1, 0.15) is 11.5 Å². The Kier molecular flexibility index (Phi) is 7.62. The molecule has 3 aromatic rings. The molecule has 0 aliphatic rings. The van der Waals surface area contributed by atoms with E-state index in [4.69, 9.17) is 9.47 Å². The van der Waals surface area contributed by atoms with Crippen LogP contribution in [0.2, 0.25) is 0 Å². The Bertz CT molecular complexity index is 1010. The summed E-state index contributed by atoms with van der Waals surface area (Å²) in [5, 5.41) is 0. The van der Waals surface area contributed by atoms with Gasteiger partial charge in [0.15, 0.2) is 11.6 Å². The van der Waals surface area contributed by atoms with Crippen LogP contribution in [0.5, 0.6) is 17.2 Å². The predicted molar refractivity (Wildman–Crippen MR) is 116 cm³/mol. The third kappa shape index (κ3) is 6.48. The van der Waals surface area contributed by atoms with Crippen LogP contribution in [0.25, 0.3) is 0 Å². The summed E-state index contributed by atoms with van der Waals surface area (Å²) < 4.78 is 56.5. The molecule has 31 heavy (non-hydrogen) atoms. The Balaban J connectivity index is 1.68. The zero-order valence-corrected chi connectivity index (χ0v) is 18.7. The van der Waals surface area contributed by atoms with E-state index in [9.17, 15) is 13.2 Å². The summed E-state index contributed by atoms with van der Waals surface area (Å²) in [7, 11) is 0. The number of rotatable bonds is 9. The summed E-state index contributed by atoms with van der Waals surface area (Å²) in [4.78, 5) is 0. The SMILES string of the molecule is CC(C)(COCc1ccc(F)c(Oc2ccccc2)c1)c1ccc(Br)cc1OC(F)F. The number of benzene rings is 3. The fourth-order valence-corrected chi connectivity index (χ4v) is 3.42. The zero-order valence-electron chi connectivity index (χ0n) is 17.1. The molecular weight excluding hydrogens is 473 g/mol. The van der Waals surface area contributed by atoms with Gasteiger partial charge in [0.25, 0.3) is 0 Å². The van der Waals surface area contributed by atoms with Crippen molar-refractivity contribution in [3.8, 4) is 17.2 Å². The number of hydrogen-bond donors (Lipinski definition) is 0. The molecule has 0 spiro atoms. The molecule has 0 N–H and O–H groups in total. The van der Waals surface area contributed by atoms with E-state index in [1.54, 1.807) is 48.5 Å². The molecule has 3 rings (SSSR count). The van der Waals surface area contributed by atoms with Crippen molar-refractivity contribution in [1.29, 1.82) is 0 Å². The number of halogens is 4. The zero-order chi connectivity index (χ0) is 22.4. The van der Waals surface area contributed by atoms with Crippen LogP contribution in [0.15, 0.2) is 71.2 Å². The summed E-state index contributed by atoms with van der Waals surface area (Å²) in [6.45, 7) is 1.27. The van der Waals surface area contributed by atoms with Crippen LogP contribution in [0.1, 0.15) is 25.0 Å². The maximum atomic E-state index is 14.1.